The molecule has 3 rings (SSSR count). The van der Waals surface area contributed by atoms with Crippen molar-refractivity contribution in [3.05, 3.63) is 42.4 Å². The van der Waals surface area contributed by atoms with Gasteiger partial charge in [0.2, 0.25) is 0 Å². The molecule has 5 nitrogen and oxygen atoms in total. The first kappa shape index (κ1) is 10.7. The number of ether oxygens (including phenoxy) is 1. The summed E-state index contributed by atoms with van der Waals surface area (Å²) in [5.41, 5.74) is 7.03. The molecule has 0 spiro atoms. The number of hydrogen-bond acceptors (Lipinski definition) is 4. The fraction of sp³-hybridized carbons (Fsp3) is 0.154. The molecule has 0 bridgehead atoms. The van der Waals surface area contributed by atoms with E-state index in [9.17, 15) is 4.79 Å². The van der Waals surface area contributed by atoms with Crippen LogP contribution in [-0.4, -0.2) is 19.1 Å². The number of nitrogens with zero attached hydrogens (tertiary/aromatic N) is 1. The lowest BCUT2D eigenvalue weighted by Gasteiger charge is -2.29. The van der Waals surface area contributed by atoms with Gasteiger partial charge in [-0.15, -0.1) is 0 Å². The maximum atomic E-state index is 12.3. The number of amides is 1. The molecule has 0 saturated heterocycles. The van der Waals surface area contributed by atoms with E-state index in [0.717, 1.165) is 5.69 Å². The Morgan fingerprint density at radius 3 is 3.00 bits per heavy atom. The molecule has 1 aromatic heterocycles. The van der Waals surface area contributed by atoms with Crippen LogP contribution in [0.1, 0.15) is 10.6 Å². The average molecular weight is 244 g/mol. The van der Waals surface area contributed by atoms with E-state index in [2.05, 4.69) is 0 Å². The molecular formula is C13H12N2O3. The molecule has 1 amide bonds. The van der Waals surface area contributed by atoms with Gasteiger partial charge in [-0.05, 0) is 24.3 Å². The fourth-order valence-corrected chi connectivity index (χ4v) is 1.98. The quantitative estimate of drug-likeness (QED) is 0.778. The molecule has 2 N–H and O–H groups in total. The molecule has 0 unspecified atom stereocenters. The molecule has 1 aliphatic heterocycles. The monoisotopic (exact) mass is 244 g/mol. The Morgan fingerprint density at radius 2 is 2.22 bits per heavy atom. The normalized spacial score (nSPS) is 13.9. The summed E-state index contributed by atoms with van der Waals surface area (Å²) >= 11 is 0. The third-order valence-electron chi connectivity index (χ3n) is 2.82. The molecule has 1 aliphatic rings. The molecular weight excluding hydrogens is 232 g/mol. The van der Waals surface area contributed by atoms with Crippen LogP contribution in [0.4, 0.5) is 11.4 Å². The van der Waals surface area contributed by atoms with Gasteiger partial charge in [0.25, 0.3) is 5.91 Å². The largest absolute Gasteiger partial charge is 0.489 e. The third-order valence-corrected chi connectivity index (χ3v) is 2.82. The standard InChI is InChI=1S/C13H12N2O3/c14-9-3-4-10-12(8-9)18-7-5-15(10)13(16)11-2-1-6-17-11/h1-4,6,8H,5,7,14H2. The Labute approximate surface area is 104 Å². The average Bonchev–Trinajstić information content (AvgIpc) is 2.90. The highest BCUT2D eigenvalue weighted by molar-refractivity contribution is 6.05. The summed E-state index contributed by atoms with van der Waals surface area (Å²) in [4.78, 5) is 13.9. The zero-order valence-electron chi connectivity index (χ0n) is 9.63. The van der Waals surface area contributed by atoms with E-state index < -0.39 is 0 Å². The van der Waals surface area contributed by atoms with Crippen LogP contribution >= 0.6 is 0 Å². The summed E-state index contributed by atoms with van der Waals surface area (Å²) in [5.74, 6) is 0.773. The number of carbonyl (C=O) groups is 1. The summed E-state index contributed by atoms with van der Waals surface area (Å²) in [6.45, 7) is 0.944. The number of benzene rings is 1. The van der Waals surface area contributed by atoms with Crippen molar-refractivity contribution < 1.29 is 13.9 Å². The first-order valence-electron chi connectivity index (χ1n) is 5.63. The van der Waals surface area contributed by atoms with E-state index in [4.69, 9.17) is 14.9 Å². The van der Waals surface area contributed by atoms with Gasteiger partial charge in [-0.3, -0.25) is 9.69 Å². The number of hydrogen-bond donors (Lipinski definition) is 1. The van der Waals surface area contributed by atoms with Crippen molar-refractivity contribution in [1.82, 2.24) is 0 Å². The molecule has 5 heteroatoms. The van der Waals surface area contributed by atoms with E-state index in [0.29, 0.717) is 30.3 Å². The van der Waals surface area contributed by atoms with Crippen LogP contribution in [0.2, 0.25) is 0 Å². The van der Waals surface area contributed by atoms with Crippen LogP contribution < -0.4 is 15.4 Å². The van der Waals surface area contributed by atoms with Crippen LogP contribution in [0.5, 0.6) is 5.75 Å². The minimum Gasteiger partial charge on any atom is -0.489 e. The summed E-state index contributed by atoms with van der Waals surface area (Å²) < 4.78 is 10.6. The number of rotatable bonds is 1. The molecule has 0 atom stereocenters. The predicted octanol–water partition coefficient (Wildman–Crippen LogP) is 1.90. The van der Waals surface area contributed by atoms with Gasteiger partial charge in [0.1, 0.15) is 12.4 Å². The van der Waals surface area contributed by atoms with Crippen LogP contribution in [-0.2, 0) is 0 Å². The van der Waals surface area contributed by atoms with Crippen molar-refractivity contribution in [3.8, 4) is 5.75 Å². The van der Waals surface area contributed by atoms with Crippen molar-refractivity contribution in [2.24, 2.45) is 0 Å². The third kappa shape index (κ3) is 1.69. The fourth-order valence-electron chi connectivity index (χ4n) is 1.98. The SMILES string of the molecule is Nc1ccc2c(c1)OCCN2C(=O)c1ccco1. The highest BCUT2D eigenvalue weighted by Crippen LogP contribution is 2.34. The van der Waals surface area contributed by atoms with Crippen LogP contribution in [0.3, 0.4) is 0 Å². The second-order valence-electron chi connectivity index (χ2n) is 4.01. The molecule has 0 radical (unpaired) electrons. The molecule has 92 valence electrons. The zero-order chi connectivity index (χ0) is 12.5. The number of anilines is 2. The molecule has 2 heterocycles. The maximum Gasteiger partial charge on any atom is 0.294 e. The number of nitrogens with two attached hydrogens (primary N) is 1. The Hall–Kier alpha value is -2.43. The zero-order valence-corrected chi connectivity index (χ0v) is 9.63. The Bertz CT molecular complexity index is 578. The van der Waals surface area contributed by atoms with Crippen LogP contribution in [0.25, 0.3) is 0 Å². The highest BCUT2D eigenvalue weighted by atomic mass is 16.5. The highest BCUT2D eigenvalue weighted by Gasteiger charge is 2.26. The van der Waals surface area contributed by atoms with E-state index in [1.165, 1.54) is 6.26 Å². The van der Waals surface area contributed by atoms with E-state index in [-0.39, 0.29) is 5.91 Å². The van der Waals surface area contributed by atoms with Gasteiger partial charge in [0.15, 0.2) is 5.76 Å². The topological polar surface area (TPSA) is 68.7 Å². The van der Waals surface area contributed by atoms with Crippen molar-refractivity contribution in [2.45, 2.75) is 0 Å². The molecule has 0 aliphatic carbocycles. The van der Waals surface area contributed by atoms with Crippen molar-refractivity contribution in [1.29, 1.82) is 0 Å². The summed E-state index contributed by atoms with van der Waals surface area (Å²) in [7, 11) is 0. The van der Waals surface area contributed by atoms with E-state index in [1.807, 2.05) is 0 Å². The van der Waals surface area contributed by atoms with E-state index in [1.54, 1.807) is 35.2 Å². The Morgan fingerprint density at radius 1 is 1.33 bits per heavy atom. The second-order valence-corrected chi connectivity index (χ2v) is 4.01. The number of carbonyl (C=O) groups excluding carboxylic acids is 1. The van der Waals surface area contributed by atoms with E-state index >= 15 is 0 Å². The molecule has 1 aromatic carbocycles. The van der Waals surface area contributed by atoms with Crippen molar-refractivity contribution >= 4 is 17.3 Å². The van der Waals surface area contributed by atoms with Gasteiger partial charge < -0.3 is 14.9 Å². The Kier molecular flexibility index (Phi) is 2.44. The molecule has 0 fully saturated rings. The molecule has 0 saturated carbocycles. The van der Waals surface area contributed by atoms with Crippen LogP contribution in [0.15, 0.2) is 41.0 Å². The van der Waals surface area contributed by atoms with Gasteiger partial charge >= 0.3 is 0 Å². The lowest BCUT2D eigenvalue weighted by molar-refractivity contribution is 0.0950. The smallest absolute Gasteiger partial charge is 0.294 e. The van der Waals surface area contributed by atoms with Crippen molar-refractivity contribution in [2.75, 3.05) is 23.8 Å². The van der Waals surface area contributed by atoms with Gasteiger partial charge in [-0.1, -0.05) is 0 Å². The summed E-state index contributed by atoms with van der Waals surface area (Å²) in [6.07, 6.45) is 1.48. The first-order chi connectivity index (χ1) is 8.75. The molecule has 2 aromatic rings. The van der Waals surface area contributed by atoms with Gasteiger partial charge in [0, 0.05) is 11.8 Å². The lowest BCUT2D eigenvalue weighted by atomic mass is 10.2. The summed E-state index contributed by atoms with van der Waals surface area (Å²) in [6, 6.07) is 8.59. The number of furan rings is 1. The molecule has 18 heavy (non-hydrogen) atoms. The van der Waals surface area contributed by atoms with Gasteiger partial charge in [-0.2, -0.15) is 0 Å². The first-order valence-corrected chi connectivity index (χ1v) is 5.63. The number of nitrogen functional groups attached to an aromatic ring is 1. The maximum absolute atomic E-state index is 12.3. The lowest BCUT2D eigenvalue weighted by Crippen LogP contribution is -2.37. The minimum absolute atomic E-state index is 0.172. The minimum atomic E-state index is -0.172. The summed E-state index contributed by atoms with van der Waals surface area (Å²) in [5, 5.41) is 0. The Balaban J connectivity index is 1.99. The second kappa shape index (κ2) is 4.10. The predicted molar refractivity (Wildman–Crippen MR) is 66.7 cm³/mol. The van der Waals surface area contributed by atoms with Gasteiger partial charge in [-0.25, -0.2) is 0 Å². The number of fused-ring (bicyclic) bond motifs is 1. The van der Waals surface area contributed by atoms with Crippen LogP contribution in [0, 0.1) is 0 Å². The van der Waals surface area contributed by atoms with Crippen molar-refractivity contribution in [3.63, 3.8) is 0 Å². The van der Waals surface area contributed by atoms with Gasteiger partial charge in [0.05, 0.1) is 18.5 Å².